The van der Waals surface area contributed by atoms with Gasteiger partial charge in [-0.3, -0.25) is 0 Å². The zero-order chi connectivity index (χ0) is 12.5. The van der Waals surface area contributed by atoms with Crippen LogP contribution in [0.25, 0.3) is 0 Å². The van der Waals surface area contributed by atoms with Crippen LogP contribution in [-0.4, -0.2) is 32.3 Å². The molecule has 3 nitrogen and oxygen atoms in total. The Balaban J connectivity index is 2.24. The lowest BCUT2D eigenvalue weighted by atomic mass is 9.84. The molecule has 0 amide bonds. The van der Waals surface area contributed by atoms with Crippen molar-refractivity contribution in [2.75, 3.05) is 20.3 Å². The van der Waals surface area contributed by atoms with E-state index in [2.05, 4.69) is 12.2 Å². The van der Waals surface area contributed by atoms with Gasteiger partial charge < -0.3 is 15.8 Å². The quantitative estimate of drug-likeness (QED) is 0.686. The molecule has 1 aliphatic carbocycles. The van der Waals surface area contributed by atoms with Crippen LogP contribution in [-0.2, 0) is 4.74 Å². The van der Waals surface area contributed by atoms with E-state index >= 15 is 0 Å². The van der Waals surface area contributed by atoms with Crippen molar-refractivity contribution in [3.8, 4) is 0 Å². The molecule has 17 heavy (non-hydrogen) atoms. The van der Waals surface area contributed by atoms with Gasteiger partial charge in [0.05, 0.1) is 6.61 Å². The van der Waals surface area contributed by atoms with E-state index in [1.807, 2.05) is 0 Å². The first-order chi connectivity index (χ1) is 8.30. The fourth-order valence-corrected chi connectivity index (χ4v) is 2.85. The zero-order valence-corrected chi connectivity index (χ0v) is 11.6. The largest absolute Gasteiger partial charge is 0.383 e. The molecule has 0 saturated heterocycles. The van der Waals surface area contributed by atoms with Crippen molar-refractivity contribution in [1.29, 1.82) is 0 Å². The number of nitrogens with one attached hydrogen (secondary N) is 1. The van der Waals surface area contributed by atoms with E-state index < -0.39 is 0 Å². The van der Waals surface area contributed by atoms with Crippen LogP contribution in [0, 0.1) is 5.92 Å². The molecule has 0 aromatic rings. The number of hydrogen-bond donors (Lipinski definition) is 2. The van der Waals surface area contributed by atoms with Crippen molar-refractivity contribution >= 4 is 0 Å². The van der Waals surface area contributed by atoms with Gasteiger partial charge in [-0.2, -0.15) is 0 Å². The zero-order valence-electron chi connectivity index (χ0n) is 11.6. The average Bonchev–Trinajstić information content (AvgIpc) is 2.37. The molecule has 1 rings (SSSR count). The van der Waals surface area contributed by atoms with Crippen molar-refractivity contribution in [3.05, 3.63) is 0 Å². The standard InChI is InChI=1S/C14H30N2O/c1-3-12-6-8-13(9-7-12)16-14(11-17-2)5-4-10-15/h12-14,16H,3-11,15H2,1-2H3. The number of ether oxygens (including phenoxy) is 1. The fraction of sp³-hybridized carbons (Fsp3) is 1.00. The summed E-state index contributed by atoms with van der Waals surface area (Å²) in [6.07, 6.45) is 9.03. The van der Waals surface area contributed by atoms with Gasteiger partial charge in [0.15, 0.2) is 0 Å². The molecule has 0 bridgehead atoms. The predicted octanol–water partition coefficient (Wildman–Crippen LogP) is 2.30. The van der Waals surface area contributed by atoms with Crippen LogP contribution in [0.5, 0.6) is 0 Å². The molecule has 0 aromatic carbocycles. The highest BCUT2D eigenvalue weighted by molar-refractivity contribution is 4.80. The lowest BCUT2D eigenvalue weighted by Crippen LogP contribution is -2.43. The van der Waals surface area contributed by atoms with Crippen LogP contribution >= 0.6 is 0 Å². The van der Waals surface area contributed by atoms with Crippen LogP contribution in [0.4, 0.5) is 0 Å². The summed E-state index contributed by atoms with van der Waals surface area (Å²) in [4.78, 5) is 0. The summed E-state index contributed by atoms with van der Waals surface area (Å²) in [5.41, 5.74) is 5.57. The maximum atomic E-state index is 5.57. The van der Waals surface area contributed by atoms with Crippen LogP contribution in [0.15, 0.2) is 0 Å². The van der Waals surface area contributed by atoms with Gasteiger partial charge in [-0.05, 0) is 51.0 Å². The summed E-state index contributed by atoms with van der Waals surface area (Å²) in [6.45, 7) is 3.91. The molecule has 3 heteroatoms. The normalized spacial score (nSPS) is 27.0. The highest BCUT2D eigenvalue weighted by Gasteiger charge is 2.21. The van der Waals surface area contributed by atoms with Gasteiger partial charge in [-0.1, -0.05) is 13.3 Å². The Hall–Kier alpha value is -0.120. The van der Waals surface area contributed by atoms with E-state index in [0.717, 1.165) is 31.9 Å². The molecule has 1 saturated carbocycles. The van der Waals surface area contributed by atoms with Crippen LogP contribution in [0.1, 0.15) is 51.9 Å². The minimum atomic E-state index is 0.492. The van der Waals surface area contributed by atoms with E-state index in [1.54, 1.807) is 7.11 Å². The van der Waals surface area contributed by atoms with E-state index in [0.29, 0.717) is 12.1 Å². The Morgan fingerprint density at radius 2 is 2.00 bits per heavy atom. The lowest BCUT2D eigenvalue weighted by Gasteiger charge is -2.31. The molecule has 3 N–H and O–H groups in total. The Morgan fingerprint density at radius 3 is 2.53 bits per heavy atom. The number of nitrogens with two attached hydrogens (primary N) is 1. The lowest BCUT2D eigenvalue weighted by molar-refractivity contribution is 0.147. The van der Waals surface area contributed by atoms with Crippen molar-refractivity contribution in [3.63, 3.8) is 0 Å². The van der Waals surface area contributed by atoms with Gasteiger partial charge in [0.2, 0.25) is 0 Å². The van der Waals surface area contributed by atoms with Gasteiger partial charge in [0.1, 0.15) is 0 Å². The van der Waals surface area contributed by atoms with Crippen molar-refractivity contribution in [1.82, 2.24) is 5.32 Å². The predicted molar refractivity (Wildman–Crippen MR) is 73.1 cm³/mol. The first-order valence-corrected chi connectivity index (χ1v) is 7.25. The Kier molecular flexibility index (Phi) is 7.82. The third kappa shape index (κ3) is 5.84. The second-order valence-corrected chi connectivity index (χ2v) is 5.38. The third-order valence-electron chi connectivity index (χ3n) is 4.02. The summed E-state index contributed by atoms with van der Waals surface area (Å²) in [7, 11) is 1.78. The summed E-state index contributed by atoms with van der Waals surface area (Å²) >= 11 is 0. The van der Waals surface area contributed by atoms with E-state index in [4.69, 9.17) is 10.5 Å². The van der Waals surface area contributed by atoms with E-state index in [9.17, 15) is 0 Å². The molecule has 1 aliphatic rings. The molecule has 0 aliphatic heterocycles. The van der Waals surface area contributed by atoms with Crippen molar-refractivity contribution < 1.29 is 4.74 Å². The van der Waals surface area contributed by atoms with Gasteiger partial charge >= 0.3 is 0 Å². The smallest absolute Gasteiger partial charge is 0.0615 e. The molecule has 0 aromatic heterocycles. The topological polar surface area (TPSA) is 47.3 Å². The Bertz CT molecular complexity index is 179. The molecular formula is C14H30N2O. The van der Waals surface area contributed by atoms with Crippen molar-refractivity contribution in [2.24, 2.45) is 11.7 Å². The van der Waals surface area contributed by atoms with Gasteiger partial charge in [0.25, 0.3) is 0 Å². The molecule has 102 valence electrons. The highest BCUT2D eigenvalue weighted by atomic mass is 16.5. The average molecular weight is 242 g/mol. The minimum Gasteiger partial charge on any atom is -0.383 e. The third-order valence-corrected chi connectivity index (χ3v) is 4.02. The van der Waals surface area contributed by atoms with Crippen LogP contribution < -0.4 is 11.1 Å². The highest BCUT2D eigenvalue weighted by Crippen LogP contribution is 2.26. The van der Waals surface area contributed by atoms with E-state index in [1.165, 1.54) is 32.1 Å². The summed E-state index contributed by atoms with van der Waals surface area (Å²) < 4.78 is 5.28. The van der Waals surface area contributed by atoms with Crippen LogP contribution in [0.2, 0.25) is 0 Å². The van der Waals surface area contributed by atoms with Crippen LogP contribution in [0.3, 0.4) is 0 Å². The first-order valence-electron chi connectivity index (χ1n) is 7.25. The molecule has 0 heterocycles. The SMILES string of the molecule is CCC1CCC(NC(CCCN)COC)CC1. The summed E-state index contributed by atoms with van der Waals surface area (Å²) in [5.74, 6) is 0.970. The van der Waals surface area contributed by atoms with Gasteiger partial charge in [0, 0.05) is 19.2 Å². The fourth-order valence-electron chi connectivity index (χ4n) is 2.85. The summed E-state index contributed by atoms with van der Waals surface area (Å²) in [5, 5.41) is 3.76. The van der Waals surface area contributed by atoms with Gasteiger partial charge in [-0.25, -0.2) is 0 Å². The molecule has 1 unspecified atom stereocenters. The minimum absolute atomic E-state index is 0.492. The Morgan fingerprint density at radius 1 is 1.29 bits per heavy atom. The molecule has 1 atom stereocenters. The summed E-state index contributed by atoms with van der Waals surface area (Å²) in [6, 6.07) is 1.20. The Labute approximate surface area is 106 Å². The van der Waals surface area contributed by atoms with E-state index in [-0.39, 0.29) is 0 Å². The second kappa shape index (κ2) is 8.90. The van der Waals surface area contributed by atoms with Gasteiger partial charge in [-0.15, -0.1) is 0 Å². The maximum Gasteiger partial charge on any atom is 0.0615 e. The molecular weight excluding hydrogens is 212 g/mol. The maximum absolute atomic E-state index is 5.57. The first kappa shape index (κ1) is 14.9. The number of methoxy groups -OCH3 is 1. The monoisotopic (exact) mass is 242 g/mol. The molecule has 1 fully saturated rings. The number of rotatable bonds is 8. The number of hydrogen-bond acceptors (Lipinski definition) is 3. The second-order valence-electron chi connectivity index (χ2n) is 5.38. The molecule has 0 radical (unpaired) electrons. The molecule has 0 spiro atoms. The van der Waals surface area contributed by atoms with Crippen molar-refractivity contribution in [2.45, 2.75) is 64.0 Å².